The normalized spacial score (nSPS) is 11.0. The van der Waals surface area contributed by atoms with Crippen LogP contribution in [0.15, 0.2) is 28.6 Å². The SMILES string of the molecule is CC.CCC/C(=C\c1c(C)nc(C)nc1NCc1ccoc1)CCN. The molecule has 0 aliphatic carbocycles. The van der Waals surface area contributed by atoms with Gasteiger partial charge in [-0.15, -0.1) is 0 Å². The van der Waals surface area contributed by atoms with Crippen molar-refractivity contribution in [3.8, 4) is 0 Å². The standard InChI is InChI=1S/C18H26N4O.C2H6/c1-4-5-15(6-8-19)10-17-13(2)21-14(3)22-18(17)20-11-16-7-9-23-12-16;1-2/h7,9-10,12H,4-6,8,11,19H2,1-3H3,(H,20,21,22);1-2H3/b15-10+;. The number of furan rings is 1. The molecular formula is C20H32N4O. The maximum Gasteiger partial charge on any atom is 0.137 e. The van der Waals surface area contributed by atoms with Crippen LogP contribution in [-0.2, 0) is 6.54 Å². The van der Waals surface area contributed by atoms with E-state index < -0.39 is 0 Å². The number of hydrogen-bond donors (Lipinski definition) is 2. The van der Waals surface area contributed by atoms with E-state index in [1.807, 2.05) is 33.8 Å². The largest absolute Gasteiger partial charge is 0.472 e. The smallest absolute Gasteiger partial charge is 0.137 e. The van der Waals surface area contributed by atoms with Crippen LogP contribution < -0.4 is 11.1 Å². The van der Waals surface area contributed by atoms with E-state index in [0.717, 1.165) is 47.7 Å². The van der Waals surface area contributed by atoms with Crippen molar-refractivity contribution in [2.75, 3.05) is 11.9 Å². The highest BCUT2D eigenvalue weighted by Gasteiger charge is 2.10. The van der Waals surface area contributed by atoms with E-state index in [1.54, 1.807) is 12.5 Å². The summed E-state index contributed by atoms with van der Waals surface area (Å²) in [6.07, 6.45) is 8.67. The van der Waals surface area contributed by atoms with Crippen LogP contribution in [-0.4, -0.2) is 16.5 Å². The monoisotopic (exact) mass is 344 g/mol. The molecule has 5 nitrogen and oxygen atoms in total. The van der Waals surface area contributed by atoms with Gasteiger partial charge in [0, 0.05) is 17.7 Å². The van der Waals surface area contributed by atoms with Gasteiger partial charge in [-0.1, -0.05) is 38.8 Å². The van der Waals surface area contributed by atoms with Crippen LogP contribution in [0.1, 0.15) is 62.7 Å². The van der Waals surface area contributed by atoms with Gasteiger partial charge in [0.05, 0.1) is 18.2 Å². The molecule has 0 saturated heterocycles. The molecule has 0 unspecified atom stereocenters. The molecule has 0 amide bonds. The molecule has 0 aliphatic heterocycles. The van der Waals surface area contributed by atoms with E-state index in [1.165, 1.54) is 5.57 Å². The van der Waals surface area contributed by atoms with Gasteiger partial charge in [-0.2, -0.15) is 0 Å². The van der Waals surface area contributed by atoms with Crippen molar-refractivity contribution in [3.05, 3.63) is 46.8 Å². The molecule has 0 radical (unpaired) electrons. The number of anilines is 1. The Morgan fingerprint density at radius 1 is 1.24 bits per heavy atom. The number of nitrogens with zero attached hydrogens (tertiary/aromatic N) is 2. The topological polar surface area (TPSA) is 77.0 Å². The zero-order valence-corrected chi connectivity index (χ0v) is 16.2. The minimum absolute atomic E-state index is 0.662. The Morgan fingerprint density at radius 3 is 2.60 bits per heavy atom. The first-order chi connectivity index (χ1) is 12.1. The minimum atomic E-state index is 0.662. The molecule has 0 aromatic carbocycles. The predicted molar refractivity (Wildman–Crippen MR) is 105 cm³/mol. The van der Waals surface area contributed by atoms with Crippen molar-refractivity contribution in [2.45, 2.75) is 60.4 Å². The minimum Gasteiger partial charge on any atom is -0.472 e. The van der Waals surface area contributed by atoms with Gasteiger partial charge >= 0.3 is 0 Å². The van der Waals surface area contributed by atoms with Crippen molar-refractivity contribution < 1.29 is 4.42 Å². The molecule has 5 heteroatoms. The summed E-state index contributed by atoms with van der Waals surface area (Å²) >= 11 is 0. The Kier molecular flexibility index (Phi) is 9.55. The van der Waals surface area contributed by atoms with Crippen molar-refractivity contribution in [3.63, 3.8) is 0 Å². The quantitative estimate of drug-likeness (QED) is 0.715. The third-order valence-electron chi connectivity index (χ3n) is 3.67. The van der Waals surface area contributed by atoms with E-state index in [9.17, 15) is 0 Å². The number of nitrogens with two attached hydrogens (primary N) is 1. The summed E-state index contributed by atoms with van der Waals surface area (Å²) < 4.78 is 5.11. The second-order valence-electron chi connectivity index (χ2n) is 5.69. The van der Waals surface area contributed by atoms with Crippen LogP contribution in [0, 0.1) is 13.8 Å². The first-order valence-corrected chi connectivity index (χ1v) is 9.13. The van der Waals surface area contributed by atoms with Gasteiger partial charge in [-0.25, -0.2) is 9.97 Å². The Bertz CT molecular complexity index is 640. The fourth-order valence-corrected chi connectivity index (χ4v) is 2.59. The number of aromatic nitrogens is 2. The fourth-order valence-electron chi connectivity index (χ4n) is 2.59. The fraction of sp³-hybridized carbons (Fsp3) is 0.500. The molecule has 0 spiro atoms. The predicted octanol–water partition coefficient (Wildman–Crippen LogP) is 4.86. The molecule has 0 bridgehead atoms. The number of hydrogen-bond acceptors (Lipinski definition) is 5. The third kappa shape index (κ3) is 6.70. The summed E-state index contributed by atoms with van der Waals surface area (Å²) in [6.45, 7) is 11.5. The summed E-state index contributed by atoms with van der Waals surface area (Å²) in [7, 11) is 0. The summed E-state index contributed by atoms with van der Waals surface area (Å²) in [4.78, 5) is 9.09. The number of nitrogens with one attached hydrogen (secondary N) is 1. The van der Waals surface area contributed by atoms with Gasteiger partial charge in [-0.05, 0) is 39.3 Å². The zero-order chi connectivity index (χ0) is 18.7. The maximum absolute atomic E-state index is 5.74. The lowest BCUT2D eigenvalue weighted by molar-refractivity contribution is 0.564. The van der Waals surface area contributed by atoms with Crippen LogP contribution in [0.4, 0.5) is 5.82 Å². The van der Waals surface area contributed by atoms with Gasteiger partial charge in [0.25, 0.3) is 0 Å². The van der Waals surface area contributed by atoms with Crippen LogP contribution >= 0.6 is 0 Å². The highest BCUT2D eigenvalue weighted by molar-refractivity contribution is 5.66. The Morgan fingerprint density at radius 2 is 2.00 bits per heavy atom. The molecule has 2 heterocycles. The summed E-state index contributed by atoms with van der Waals surface area (Å²) in [5.41, 5.74) is 10.2. The van der Waals surface area contributed by atoms with Gasteiger partial charge in [-0.3, -0.25) is 0 Å². The lowest BCUT2D eigenvalue weighted by atomic mass is 10.0. The first-order valence-electron chi connectivity index (χ1n) is 9.13. The van der Waals surface area contributed by atoms with E-state index in [4.69, 9.17) is 10.2 Å². The highest BCUT2D eigenvalue weighted by Crippen LogP contribution is 2.23. The van der Waals surface area contributed by atoms with Crippen LogP contribution in [0.3, 0.4) is 0 Å². The highest BCUT2D eigenvalue weighted by atomic mass is 16.3. The second-order valence-corrected chi connectivity index (χ2v) is 5.69. The molecule has 0 saturated carbocycles. The van der Waals surface area contributed by atoms with Crippen LogP contribution in [0.2, 0.25) is 0 Å². The van der Waals surface area contributed by atoms with Crippen molar-refractivity contribution in [2.24, 2.45) is 5.73 Å². The Labute approximate surface area is 151 Å². The van der Waals surface area contributed by atoms with E-state index in [0.29, 0.717) is 13.1 Å². The summed E-state index contributed by atoms with van der Waals surface area (Å²) in [5, 5.41) is 3.40. The first kappa shape index (κ1) is 20.9. The van der Waals surface area contributed by atoms with Crippen molar-refractivity contribution in [1.82, 2.24) is 9.97 Å². The van der Waals surface area contributed by atoms with E-state index in [-0.39, 0.29) is 0 Å². The number of aryl methyl sites for hydroxylation is 2. The lowest BCUT2D eigenvalue weighted by Crippen LogP contribution is -2.07. The lowest BCUT2D eigenvalue weighted by Gasteiger charge is -2.13. The zero-order valence-electron chi connectivity index (χ0n) is 16.2. The van der Waals surface area contributed by atoms with Gasteiger partial charge in [0.2, 0.25) is 0 Å². The maximum atomic E-state index is 5.74. The molecular weight excluding hydrogens is 312 g/mol. The molecule has 2 aromatic rings. The summed E-state index contributed by atoms with van der Waals surface area (Å²) in [6, 6.07) is 1.94. The van der Waals surface area contributed by atoms with E-state index in [2.05, 4.69) is 28.3 Å². The molecule has 0 fully saturated rings. The molecule has 3 N–H and O–H groups in total. The van der Waals surface area contributed by atoms with Gasteiger partial charge in [0.15, 0.2) is 0 Å². The molecule has 138 valence electrons. The van der Waals surface area contributed by atoms with Crippen molar-refractivity contribution >= 4 is 11.9 Å². The average Bonchev–Trinajstić information content (AvgIpc) is 3.11. The third-order valence-corrected chi connectivity index (χ3v) is 3.67. The van der Waals surface area contributed by atoms with Crippen molar-refractivity contribution in [1.29, 1.82) is 0 Å². The molecule has 2 aromatic heterocycles. The van der Waals surface area contributed by atoms with Gasteiger partial charge < -0.3 is 15.5 Å². The molecule has 25 heavy (non-hydrogen) atoms. The second kappa shape index (κ2) is 11.4. The summed E-state index contributed by atoms with van der Waals surface area (Å²) in [5.74, 6) is 1.63. The van der Waals surface area contributed by atoms with Gasteiger partial charge in [0.1, 0.15) is 11.6 Å². The van der Waals surface area contributed by atoms with Crippen LogP contribution in [0.25, 0.3) is 6.08 Å². The molecule has 2 rings (SSSR count). The number of rotatable bonds is 8. The van der Waals surface area contributed by atoms with Crippen LogP contribution in [0.5, 0.6) is 0 Å². The van der Waals surface area contributed by atoms with E-state index >= 15 is 0 Å². The molecule has 0 atom stereocenters. The Hall–Kier alpha value is -2.14. The Balaban J connectivity index is 0.00000151. The average molecular weight is 345 g/mol. The molecule has 0 aliphatic rings.